The highest BCUT2D eigenvalue weighted by Crippen LogP contribution is 2.12. The third kappa shape index (κ3) is 2.56. The molecule has 18 heavy (non-hydrogen) atoms. The van der Waals surface area contributed by atoms with E-state index in [0.29, 0.717) is 6.54 Å². The van der Waals surface area contributed by atoms with Crippen LogP contribution in [-0.2, 0) is 19.3 Å². The Balaban J connectivity index is 2.40. The lowest BCUT2D eigenvalue weighted by Crippen LogP contribution is -2.06. The highest BCUT2D eigenvalue weighted by Gasteiger charge is 2.09. The molecule has 0 bridgehead atoms. The van der Waals surface area contributed by atoms with Crippen molar-refractivity contribution in [3.63, 3.8) is 0 Å². The molecule has 0 amide bonds. The molecule has 0 unspecified atom stereocenters. The minimum Gasteiger partial charge on any atom is -0.330 e. The van der Waals surface area contributed by atoms with E-state index in [-0.39, 0.29) is 0 Å². The first kappa shape index (κ1) is 12.7. The second-order valence-corrected chi connectivity index (χ2v) is 4.15. The van der Waals surface area contributed by atoms with Crippen LogP contribution < -0.4 is 5.73 Å². The number of aryl methyl sites for hydroxylation is 2. The molecular weight excluding hydrogens is 226 g/mol. The maximum atomic E-state index is 5.57. The van der Waals surface area contributed by atoms with E-state index in [9.17, 15) is 0 Å². The monoisotopic (exact) mass is 245 g/mol. The van der Waals surface area contributed by atoms with Gasteiger partial charge >= 0.3 is 0 Å². The van der Waals surface area contributed by atoms with Crippen LogP contribution in [0, 0.1) is 0 Å². The molecule has 0 aromatic carbocycles. The Kier molecular flexibility index (Phi) is 4.04. The van der Waals surface area contributed by atoms with Gasteiger partial charge in [0.15, 0.2) is 5.82 Å². The molecule has 0 atom stereocenters. The molecular formula is C13H19N5. The highest BCUT2D eigenvalue weighted by atomic mass is 15.4. The molecule has 0 spiro atoms. The van der Waals surface area contributed by atoms with Crippen molar-refractivity contribution in [2.24, 2.45) is 5.73 Å². The molecule has 2 heterocycles. The summed E-state index contributed by atoms with van der Waals surface area (Å²) in [6, 6.07) is 2.08. The van der Waals surface area contributed by atoms with Crippen LogP contribution in [-0.4, -0.2) is 26.3 Å². The van der Waals surface area contributed by atoms with Crippen molar-refractivity contribution >= 4 is 0 Å². The number of pyridine rings is 1. The fraction of sp³-hybridized carbons (Fsp3) is 0.462. The van der Waals surface area contributed by atoms with Gasteiger partial charge in [-0.25, -0.2) is 9.67 Å². The normalized spacial score (nSPS) is 10.8. The van der Waals surface area contributed by atoms with Gasteiger partial charge in [-0.3, -0.25) is 4.98 Å². The fourth-order valence-electron chi connectivity index (χ4n) is 1.87. The Morgan fingerprint density at radius 3 is 2.72 bits per heavy atom. The van der Waals surface area contributed by atoms with Gasteiger partial charge in [-0.15, -0.1) is 0 Å². The minimum atomic E-state index is 0.628. The van der Waals surface area contributed by atoms with Gasteiger partial charge in [0.05, 0.1) is 11.9 Å². The van der Waals surface area contributed by atoms with E-state index in [4.69, 9.17) is 5.73 Å². The topological polar surface area (TPSA) is 69.6 Å². The van der Waals surface area contributed by atoms with Crippen LogP contribution in [0.4, 0.5) is 0 Å². The van der Waals surface area contributed by atoms with Crippen molar-refractivity contribution < 1.29 is 0 Å². The number of hydrogen-bond acceptors (Lipinski definition) is 4. The van der Waals surface area contributed by atoms with Crippen LogP contribution in [0.3, 0.4) is 0 Å². The lowest BCUT2D eigenvalue weighted by molar-refractivity contribution is 0.784. The first-order valence-corrected chi connectivity index (χ1v) is 6.37. The second kappa shape index (κ2) is 5.73. The summed E-state index contributed by atoms with van der Waals surface area (Å²) in [6.45, 7) is 4.77. The van der Waals surface area contributed by atoms with Crippen LogP contribution >= 0.6 is 0 Å². The summed E-state index contributed by atoms with van der Waals surface area (Å²) in [6.07, 6.45) is 6.19. The van der Waals surface area contributed by atoms with Gasteiger partial charge in [0.1, 0.15) is 5.82 Å². The van der Waals surface area contributed by atoms with Gasteiger partial charge in [0, 0.05) is 19.0 Å². The number of aromatic nitrogens is 4. The average molecular weight is 245 g/mol. The highest BCUT2D eigenvalue weighted by molar-refractivity contribution is 5.32. The summed E-state index contributed by atoms with van der Waals surface area (Å²) in [5.74, 6) is 1.84. The van der Waals surface area contributed by atoms with Gasteiger partial charge in [-0.1, -0.05) is 13.8 Å². The summed E-state index contributed by atoms with van der Waals surface area (Å²) in [5.41, 5.74) is 7.66. The maximum absolute atomic E-state index is 5.57. The third-order valence-electron chi connectivity index (χ3n) is 2.81. The predicted molar refractivity (Wildman–Crippen MR) is 70.7 cm³/mol. The van der Waals surface area contributed by atoms with Crippen LogP contribution in [0.15, 0.2) is 18.5 Å². The van der Waals surface area contributed by atoms with Crippen LogP contribution in [0.25, 0.3) is 5.69 Å². The summed E-state index contributed by atoms with van der Waals surface area (Å²) < 4.78 is 1.88. The SMILES string of the molecule is CCc1nc(CC)n(-c2cncc(CCN)c2)n1. The molecule has 0 aliphatic rings. The molecule has 0 radical (unpaired) electrons. The number of nitrogens with zero attached hydrogens (tertiary/aromatic N) is 4. The largest absolute Gasteiger partial charge is 0.330 e. The van der Waals surface area contributed by atoms with Crippen molar-refractivity contribution in [1.82, 2.24) is 19.7 Å². The molecule has 96 valence electrons. The zero-order chi connectivity index (χ0) is 13.0. The summed E-state index contributed by atoms with van der Waals surface area (Å²) in [5, 5.41) is 4.51. The van der Waals surface area contributed by atoms with Gasteiger partial charge in [0.2, 0.25) is 0 Å². The minimum absolute atomic E-state index is 0.628. The molecule has 5 heteroatoms. The number of rotatable bonds is 5. The van der Waals surface area contributed by atoms with Crippen LogP contribution in [0.5, 0.6) is 0 Å². The predicted octanol–water partition coefficient (Wildman–Crippen LogP) is 1.29. The fourth-order valence-corrected chi connectivity index (χ4v) is 1.87. The Morgan fingerprint density at radius 1 is 1.22 bits per heavy atom. The molecule has 5 nitrogen and oxygen atoms in total. The van der Waals surface area contributed by atoms with Gasteiger partial charge in [0.25, 0.3) is 0 Å². The number of hydrogen-bond donors (Lipinski definition) is 1. The molecule has 0 aliphatic carbocycles. The van der Waals surface area contributed by atoms with Crippen molar-refractivity contribution in [3.8, 4) is 5.69 Å². The second-order valence-electron chi connectivity index (χ2n) is 4.15. The number of nitrogens with two attached hydrogens (primary N) is 1. The first-order chi connectivity index (χ1) is 8.78. The lowest BCUT2D eigenvalue weighted by Gasteiger charge is -2.05. The quantitative estimate of drug-likeness (QED) is 0.861. The van der Waals surface area contributed by atoms with E-state index >= 15 is 0 Å². The Labute approximate surface area is 107 Å². The molecule has 0 saturated carbocycles. The van der Waals surface area contributed by atoms with Crippen molar-refractivity contribution in [2.45, 2.75) is 33.1 Å². The Hall–Kier alpha value is -1.75. The van der Waals surface area contributed by atoms with Gasteiger partial charge in [-0.2, -0.15) is 5.10 Å². The van der Waals surface area contributed by atoms with E-state index < -0.39 is 0 Å². The maximum Gasteiger partial charge on any atom is 0.151 e. The molecule has 2 N–H and O–H groups in total. The van der Waals surface area contributed by atoms with Crippen molar-refractivity contribution in [2.75, 3.05) is 6.54 Å². The van der Waals surface area contributed by atoms with Crippen molar-refractivity contribution in [1.29, 1.82) is 0 Å². The van der Waals surface area contributed by atoms with E-state index in [2.05, 4.69) is 35.0 Å². The van der Waals surface area contributed by atoms with E-state index in [0.717, 1.165) is 42.2 Å². The molecule has 2 aromatic heterocycles. The lowest BCUT2D eigenvalue weighted by atomic mass is 10.2. The summed E-state index contributed by atoms with van der Waals surface area (Å²) >= 11 is 0. The first-order valence-electron chi connectivity index (χ1n) is 6.37. The molecule has 0 saturated heterocycles. The van der Waals surface area contributed by atoms with Gasteiger partial charge < -0.3 is 5.73 Å². The molecule has 2 aromatic rings. The average Bonchev–Trinajstić information content (AvgIpc) is 2.83. The smallest absolute Gasteiger partial charge is 0.151 e. The Bertz CT molecular complexity index is 518. The molecule has 0 fully saturated rings. The standard InChI is InChI=1S/C13H19N5/c1-3-12-16-13(4-2)18(17-12)11-7-10(5-6-14)8-15-9-11/h7-9H,3-6,14H2,1-2H3. The molecule has 2 rings (SSSR count). The third-order valence-corrected chi connectivity index (χ3v) is 2.81. The zero-order valence-corrected chi connectivity index (χ0v) is 10.9. The molecule has 0 aliphatic heterocycles. The van der Waals surface area contributed by atoms with Gasteiger partial charge in [-0.05, 0) is 24.6 Å². The van der Waals surface area contributed by atoms with E-state index in [1.54, 1.807) is 0 Å². The van der Waals surface area contributed by atoms with Crippen molar-refractivity contribution in [3.05, 3.63) is 35.7 Å². The Morgan fingerprint density at radius 2 is 2.06 bits per heavy atom. The summed E-state index contributed by atoms with van der Waals surface area (Å²) in [7, 11) is 0. The van der Waals surface area contributed by atoms with E-state index in [1.807, 2.05) is 17.1 Å². The summed E-state index contributed by atoms with van der Waals surface area (Å²) in [4.78, 5) is 8.74. The van der Waals surface area contributed by atoms with Crippen LogP contribution in [0.2, 0.25) is 0 Å². The van der Waals surface area contributed by atoms with Crippen LogP contribution in [0.1, 0.15) is 31.1 Å². The van der Waals surface area contributed by atoms with E-state index in [1.165, 1.54) is 0 Å². The zero-order valence-electron chi connectivity index (χ0n) is 10.9.